The van der Waals surface area contributed by atoms with Crippen LogP contribution in [0.2, 0.25) is 0 Å². The fourth-order valence-electron chi connectivity index (χ4n) is 6.92. The van der Waals surface area contributed by atoms with E-state index in [2.05, 4.69) is 41.3 Å². The lowest BCUT2D eigenvalue weighted by Crippen LogP contribution is -2.49. The van der Waals surface area contributed by atoms with Crippen molar-refractivity contribution in [3.63, 3.8) is 0 Å². The minimum Gasteiger partial charge on any atom is -0.454 e. The van der Waals surface area contributed by atoms with Crippen LogP contribution in [0.25, 0.3) is 0 Å². The Bertz CT molecular complexity index is 1160. The predicted octanol–water partition coefficient (Wildman–Crippen LogP) is 4.78. The molecule has 3 aliphatic rings. The number of hydrogen-bond acceptors (Lipinski definition) is 4. The zero-order valence-corrected chi connectivity index (χ0v) is 20.6. The van der Waals surface area contributed by atoms with E-state index in [-0.39, 0.29) is 5.91 Å². The van der Waals surface area contributed by atoms with Gasteiger partial charge in [0.15, 0.2) is 11.5 Å². The fraction of sp³-hybridized carbons (Fsp3) is 0.387. The van der Waals surface area contributed by atoms with Crippen molar-refractivity contribution in [1.29, 1.82) is 0 Å². The van der Waals surface area contributed by atoms with E-state index >= 15 is 0 Å². The van der Waals surface area contributed by atoms with E-state index in [1.807, 2.05) is 42.5 Å². The first kappa shape index (κ1) is 23.1. The average Bonchev–Trinajstić information content (AvgIpc) is 3.47. The zero-order valence-electron chi connectivity index (χ0n) is 20.6. The lowest BCUT2D eigenvalue weighted by Gasteiger charge is -2.43. The standard InChI is InChI=1S/C31H34N2O3/c32-30(34)31(25-7-3-1-4-8-25,26-9-5-2-6-10-26)18-27-23-12-13-24(27)20-33(19-23)16-15-22-11-14-28-29(17-22)36-21-35-28/h1-11,14,17,23-24,27H,12-13,15-16,18-21H2,(H2,32,34). The number of nitrogens with zero attached hydrogens (tertiary/aromatic N) is 1. The Morgan fingerprint density at radius 2 is 1.47 bits per heavy atom. The summed E-state index contributed by atoms with van der Waals surface area (Å²) in [5, 5.41) is 0. The van der Waals surface area contributed by atoms with Gasteiger partial charge in [-0.15, -0.1) is 0 Å². The number of carbonyl (C=O) groups excluding carboxylic acids is 1. The van der Waals surface area contributed by atoms with Crippen LogP contribution in [0.15, 0.2) is 78.9 Å². The number of ether oxygens (including phenoxy) is 2. The van der Waals surface area contributed by atoms with E-state index in [1.54, 1.807) is 0 Å². The molecule has 2 unspecified atom stereocenters. The van der Waals surface area contributed by atoms with Crippen molar-refractivity contribution >= 4 is 5.91 Å². The van der Waals surface area contributed by atoms with E-state index < -0.39 is 5.41 Å². The predicted molar refractivity (Wildman–Crippen MR) is 140 cm³/mol. The van der Waals surface area contributed by atoms with Crippen molar-refractivity contribution in [2.75, 3.05) is 26.4 Å². The van der Waals surface area contributed by atoms with Crippen LogP contribution in [0.1, 0.15) is 36.0 Å². The van der Waals surface area contributed by atoms with E-state index in [4.69, 9.17) is 15.2 Å². The van der Waals surface area contributed by atoms with E-state index in [1.165, 1.54) is 18.4 Å². The number of rotatable bonds is 8. The van der Waals surface area contributed by atoms with E-state index in [0.29, 0.717) is 24.5 Å². The summed E-state index contributed by atoms with van der Waals surface area (Å²) >= 11 is 0. The number of carbonyl (C=O) groups is 1. The van der Waals surface area contributed by atoms with Crippen LogP contribution in [0.5, 0.6) is 11.5 Å². The van der Waals surface area contributed by atoms with Crippen molar-refractivity contribution < 1.29 is 14.3 Å². The molecule has 2 fully saturated rings. The molecular formula is C31H34N2O3. The molecule has 0 spiro atoms. The minimum absolute atomic E-state index is 0.246. The quantitative estimate of drug-likeness (QED) is 0.502. The fourth-order valence-corrected chi connectivity index (χ4v) is 6.92. The van der Waals surface area contributed by atoms with Gasteiger partial charge in [0.1, 0.15) is 0 Å². The number of piperidine rings is 1. The number of likely N-dealkylation sites (tertiary alicyclic amines) is 1. The molecule has 1 saturated heterocycles. The first-order chi connectivity index (χ1) is 17.6. The molecule has 2 N–H and O–H groups in total. The number of fused-ring (bicyclic) bond motifs is 3. The monoisotopic (exact) mass is 482 g/mol. The van der Waals surface area contributed by atoms with Gasteiger partial charge in [-0.1, -0.05) is 66.7 Å². The van der Waals surface area contributed by atoms with Crippen LogP contribution in [0.4, 0.5) is 0 Å². The Hall–Kier alpha value is -3.31. The van der Waals surface area contributed by atoms with Crippen molar-refractivity contribution in [2.24, 2.45) is 23.5 Å². The summed E-state index contributed by atoms with van der Waals surface area (Å²) in [5.74, 6) is 3.12. The van der Waals surface area contributed by atoms with Gasteiger partial charge in [-0.3, -0.25) is 4.79 Å². The maximum absolute atomic E-state index is 13.3. The van der Waals surface area contributed by atoms with Gasteiger partial charge < -0.3 is 20.1 Å². The minimum atomic E-state index is -0.803. The molecule has 1 saturated carbocycles. The summed E-state index contributed by atoms with van der Waals surface area (Å²) < 4.78 is 11.0. The maximum atomic E-state index is 13.3. The summed E-state index contributed by atoms with van der Waals surface area (Å²) in [6.45, 7) is 3.53. The largest absolute Gasteiger partial charge is 0.454 e. The molecule has 36 heavy (non-hydrogen) atoms. The van der Waals surface area contributed by atoms with E-state index in [0.717, 1.165) is 55.1 Å². The highest BCUT2D eigenvalue weighted by Gasteiger charge is 2.49. The van der Waals surface area contributed by atoms with Gasteiger partial charge >= 0.3 is 0 Å². The third-order valence-electron chi connectivity index (χ3n) is 8.75. The molecule has 2 atom stereocenters. The number of benzene rings is 3. The summed E-state index contributed by atoms with van der Waals surface area (Å²) in [6.07, 6.45) is 4.24. The smallest absolute Gasteiger partial charge is 0.232 e. The molecule has 1 aliphatic carbocycles. The molecular weight excluding hydrogens is 448 g/mol. The van der Waals surface area contributed by atoms with Gasteiger partial charge in [0.2, 0.25) is 12.7 Å². The van der Waals surface area contributed by atoms with Gasteiger partial charge in [0.25, 0.3) is 0 Å². The Labute approximate surface area is 213 Å². The van der Waals surface area contributed by atoms with Gasteiger partial charge in [-0.25, -0.2) is 0 Å². The molecule has 2 aliphatic heterocycles. The summed E-state index contributed by atoms with van der Waals surface area (Å²) in [7, 11) is 0. The second-order valence-electron chi connectivity index (χ2n) is 10.7. The van der Waals surface area contributed by atoms with Crippen LogP contribution < -0.4 is 15.2 Å². The third kappa shape index (κ3) is 4.16. The van der Waals surface area contributed by atoms with Gasteiger partial charge in [-0.2, -0.15) is 0 Å². The van der Waals surface area contributed by atoms with Crippen LogP contribution >= 0.6 is 0 Å². The highest BCUT2D eigenvalue weighted by atomic mass is 16.7. The van der Waals surface area contributed by atoms with Crippen molar-refractivity contribution in [3.8, 4) is 11.5 Å². The van der Waals surface area contributed by atoms with Crippen LogP contribution in [-0.2, 0) is 16.6 Å². The van der Waals surface area contributed by atoms with E-state index in [9.17, 15) is 4.79 Å². The second kappa shape index (κ2) is 9.62. The Kier molecular flexibility index (Phi) is 6.18. The summed E-state index contributed by atoms with van der Waals surface area (Å²) in [6, 6.07) is 26.6. The number of amides is 1. The number of nitrogens with two attached hydrogens (primary N) is 1. The Balaban J connectivity index is 1.20. The first-order valence-corrected chi connectivity index (χ1v) is 13.2. The molecule has 3 aromatic rings. The lowest BCUT2D eigenvalue weighted by molar-refractivity contribution is -0.123. The van der Waals surface area contributed by atoms with Crippen molar-refractivity contribution in [2.45, 2.75) is 31.1 Å². The average molecular weight is 483 g/mol. The molecule has 3 aromatic carbocycles. The SMILES string of the molecule is NC(=O)C(CC1C2CCC1CN(CCc1ccc3c(c1)OCO3)C2)(c1ccccc1)c1ccccc1. The molecule has 186 valence electrons. The van der Waals surface area contributed by atoms with Crippen LogP contribution in [0.3, 0.4) is 0 Å². The maximum Gasteiger partial charge on any atom is 0.232 e. The van der Waals surface area contributed by atoms with Crippen LogP contribution in [-0.4, -0.2) is 37.2 Å². The molecule has 5 heteroatoms. The van der Waals surface area contributed by atoms with Crippen LogP contribution in [0, 0.1) is 17.8 Å². The Morgan fingerprint density at radius 1 is 0.861 bits per heavy atom. The number of hydrogen-bond donors (Lipinski definition) is 1. The zero-order chi connectivity index (χ0) is 24.5. The lowest BCUT2D eigenvalue weighted by atomic mass is 9.65. The first-order valence-electron chi connectivity index (χ1n) is 13.2. The highest BCUT2D eigenvalue weighted by Crippen LogP contribution is 2.50. The Morgan fingerprint density at radius 3 is 2.08 bits per heavy atom. The molecule has 0 radical (unpaired) electrons. The molecule has 6 rings (SSSR count). The highest BCUT2D eigenvalue weighted by molar-refractivity contribution is 5.90. The summed E-state index contributed by atoms with van der Waals surface area (Å²) in [4.78, 5) is 16.0. The van der Waals surface area contributed by atoms with Crippen molar-refractivity contribution in [1.82, 2.24) is 4.90 Å². The molecule has 0 aromatic heterocycles. The van der Waals surface area contributed by atoms with Gasteiger partial charge in [0.05, 0.1) is 5.41 Å². The van der Waals surface area contributed by atoms with Crippen molar-refractivity contribution in [3.05, 3.63) is 95.6 Å². The third-order valence-corrected chi connectivity index (χ3v) is 8.75. The number of primary amides is 1. The second-order valence-corrected chi connectivity index (χ2v) is 10.7. The summed E-state index contributed by atoms with van der Waals surface area (Å²) in [5.41, 5.74) is 8.77. The molecule has 2 heterocycles. The molecule has 1 amide bonds. The van der Waals surface area contributed by atoms with Gasteiger partial charge in [0, 0.05) is 19.6 Å². The topological polar surface area (TPSA) is 64.8 Å². The van der Waals surface area contributed by atoms with Gasteiger partial charge in [-0.05, 0) is 72.3 Å². The molecule has 5 nitrogen and oxygen atoms in total. The normalized spacial score (nSPS) is 23.1. The molecule has 2 bridgehead atoms.